The average molecular weight is 332 g/mol. The molecule has 0 aromatic heterocycles. The summed E-state index contributed by atoms with van der Waals surface area (Å²) in [6.45, 7) is 1.22. The molecule has 7 heteroatoms. The average Bonchev–Trinajstić information content (AvgIpc) is 2.46. The molecule has 0 saturated carbocycles. The van der Waals surface area contributed by atoms with Crippen LogP contribution in [0.3, 0.4) is 0 Å². The Bertz CT molecular complexity index is 838. The number of hydrogen-bond acceptors (Lipinski definition) is 5. The lowest BCUT2D eigenvalue weighted by Gasteiger charge is -2.09. The zero-order valence-electron chi connectivity index (χ0n) is 12.2. The van der Waals surface area contributed by atoms with E-state index in [1.807, 2.05) is 36.4 Å². The van der Waals surface area contributed by atoms with E-state index in [1.165, 1.54) is 19.1 Å². The minimum Gasteiger partial charge on any atom is -0.862 e. The van der Waals surface area contributed by atoms with Gasteiger partial charge >= 0.3 is 10.4 Å². The first-order valence-corrected chi connectivity index (χ1v) is 7.96. The van der Waals surface area contributed by atoms with Gasteiger partial charge < -0.3 is 9.29 Å². The summed E-state index contributed by atoms with van der Waals surface area (Å²) in [4.78, 5) is 3.64. The topological polar surface area (TPSA) is 99.0 Å². The van der Waals surface area contributed by atoms with Gasteiger partial charge in [0.2, 0.25) is 0 Å². The van der Waals surface area contributed by atoms with Crippen LogP contribution in [0.15, 0.2) is 53.5 Å². The first-order chi connectivity index (χ1) is 10.8. The predicted molar refractivity (Wildman–Crippen MR) is 86.8 cm³/mol. The van der Waals surface area contributed by atoms with Crippen LogP contribution in [0.4, 0.5) is 5.69 Å². The highest BCUT2D eigenvalue weighted by atomic mass is 32.3. The number of rotatable bonds is 5. The van der Waals surface area contributed by atoms with Crippen LogP contribution in [-0.4, -0.2) is 18.9 Å². The predicted octanol–water partition coefficient (Wildman–Crippen LogP) is 2.45. The van der Waals surface area contributed by atoms with Gasteiger partial charge in [-0.15, -0.1) is 0 Å². The fraction of sp³-hybridized carbons (Fsp3) is 0.0625. The Labute approximate surface area is 134 Å². The Morgan fingerprint density at radius 1 is 1.13 bits per heavy atom. The maximum Gasteiger partial charge on any atom is 0.446 e. The van der Waals surface area contributed by atoms with E-state index in [0.29, 0.717) is 5.56 Å². The van der Waals surface area contributed by atoms with Crippen molar-refractivity contribution < 1.29 is 22.3 Å². The Hall–Kier alpha value is -2.64. The Morgan fingerprint density at radius 3 is 2.39 bits per heavy atom. The summed E-state index contributed by atoms with van der Waals surface area (Å²) >= 11 is 0. The van der Waals surface area contributed by atoms with Crippen LogP contribution in [-0.2, 0) is 10.4 Å². The molecule has 0 unspecified atom stereocenters. The molecule has 2 aromatic carbocycles. The van der Waals surface area contributed by atoms with Crippen molar-refractivity contribution in [3.63, 3.8) is 0 Å². The van der Waals surface area contributed by atoms with E-state index in [4.69, 9.17) is 4.55 Å². The van der Waals surface area contributed by atoms with Crippen LogP contribution in [0.1, 0.15) is 18.1 Å². The first-order valence-electron chi connectivity index (χ1n) is 6.60. The van der Waals surface area contributed by atoms with Gasteiger partial charge in [-0.25, -0.2) is 0 Å². The lowest BCUT2D eigenvalue weighted by atomic mass is 10.1. The molecule has 0 spiro atoms. The second kappa shape index (κ2) is 7.08. The zero-order valence-corrected chi connectivity index (χ0v) is 13.0. The van der Waals surface area contributed by atoms with Crippen molar-refractivity contribution >= 4 is 34.1 Å². The molecule has 0 amide bonds. The summed E-state index contributed by atoms with van der Waals surface area (Å²) in [5.41, 5.74) is 1.60. The maximum atomic E-state index is 11.1. The second-order valence-corrected chi connectivity index (χ2v) is 5.64. The Balaban J connectivity index is 2.37. The monoisotopic (exact) mass is 332 g/mol. The molecule has 2 rings (SSSR count). The molecule has 0 atom stereocenters. The van der Waals surface area contributed by atoms with E-state index in [9.17, 15) is 13.5 Å². The molecule has 0 aliphatic heterocycles. The van der Waals surface area contributed by atoms with Gasteiger partial charge in [0.25, 0.3) is 0 Å². The van der Waals surface area contributed by atoms with E-state index in [1.54, 1.807) is 12.1 Å². The molecule has 120 valence electrons. The van der Waals surface area contributed by atoms with Gasteiger partial charge in [-0.2, -0.15) is 8.42 Å². The normalized spacial score (nSPS) is 12.5. The van der Waals surface area contributed by atoms with Gasteiger partial charge in [0.1, 0.15) is 5.69 Å². The van der Waals surface area contributed by atoms with Crippen molar-refractivity contribution in [2.24, 2.45) is 4.99 Å². The third kappa shape index (κ3) is 5.57. The molecule has 23 heavy (non-hydrogen) atoms. The van der Waals surface area contributed by atoms with E-state index in [-0.39, 0.29) is 11.4 Å². The quantitative estimate of drug-likeness (QED) is 0.392. The minimum atomic E-state index is -4.71. The molecule has 0 bridgehead atoms. The molecule has 0 saturated heterocycles. The van der Waals surface area contributed by atoms with E-state index in [0.717, 1.165) is 5.56 Å². The summed E-state index contributed by atoms with van der Waals surface area (Å²) < 4.78 is 35.1. The van der Waals surface area contributed by atoms with Crippen molar-refractivity contribution in [2.45, 2.75) is 6.92 Å². The van der Waals surface area contributed by atoms with Crippen LogP contribution in [0, 0.1) is 0 Å². The van der Waals surface area contributed by atoms with Crippen LogP contribution in [0.2, 0.25) is 0 Å². The third-order valence-corrected chi connectivity index (χ3v) is 3.11. The standard InChI is InChI=1S/C16H15NO5S/c1-12(18)17-15-10-9-14(11-16(15)22-23(19,20)21)8-7-13-5-3-2-4-6-13/h2-11H,1H3,(H,17,18)(H,19,20,21)/p-1/b8-7+. The fourth-order valence-electron chi connectivity index (χ4n) is 1.83. The number of hydrogen-bond donors (Lipinski definition) is 1. The molecule has 0 aliphatic rings. The first kappa shape index (κ1) is 16.7. The Morgan fingerprint density at radius 2 is 1.78 bits per heavy atom. The lowest BCUT2D eigenvalue weighted by molar-refractivity contribution is -0.215. The largest absolute Gasteiger partial charge is 0.862 e. The molecule has 2 aromatic rings. The van der Waals surface area contributed by atoms with Crippen molar-refractivity contribution in [1.82, 2.24) is 0 Å². The zero-order chi connectivity index (χ0) is 16.9. The number of benzene rings is 2. The summed E-state index contributed by atoms with van der Waals surface area (Å²) in [7, 11) is -4.71. The number of nitrogens with zero attached hydrogens (tertiary/aromatic N) is 1. The smallest absolute Gasteiger partial charge is 0.446 e. The van der Waals surface area contributed by atoms with Gasteiger partial charge in [0.05, 0.1) is 0 Å². The van der Waals surface area contributed by atoms with Crippen LogP contribution in [0.5, 0.6) is 5.75 Å². The van der Waals surface area contributed by atoms with E-state index in [2.05, 4.69) is 9.18 Å². The van der Waals surface area contributed by atoms with Gasteiger partial charge in [-0.05, 0) is 36.1 Å². The highest BCUT2D eigenvalue weighted by Gasteiger charge is 2.11. The summed E-state index contributed by atoms with van der Waals surface area (Å²) in [5.74, 6) is -0.740. The highest BCUT2D eigenvalue weighted by molar-refractivity contribution is 7.81. The van der Waals surface area contributed by atoms with E-state index >= 15 is 0 Å². The van der Waals surface area contributed by atoms with Crippen LogP contribution in [0.25, 0.3) is 12.2 Å². The fourth-order valence-corrected chi connectivity index (χ4v) is 2.19. The second-order valence-electron chi connectivity index (χ2n) is 4.61. The molecular weight excluding hydrogens is 318 g/mol. The summed E-state index contributed by atoms with van der Waals surface area (Å²) in [5, 5.41) is 11.1. The van der Waals surface area contributed by atoms with E-state index < -0.39 is 16.3 Å². The van der Waals surface area contributed by atoms with Crippen molar-refractivity contribution in [1.29, 1.82) is 0 Å². The number of aliphatic imine (C=N–C) groups is 1. The molecule has 0 radical (unpaired) electrons. The molecule has 6 nitrogen and oxygen atoms in total. The van der Waals surface area contributed by atoms with Gasteiger partial charge in [0, 0.05) is 0 Å². The molecule has 0 heterocycles. The summed E-state index contributed by atoms with van der Waals surface area (Å²) in [6, 6.07) is 14.0. The third-order valence-electron chi connectivity index (χ3n) is 2.72. The summed E-state index contributed by atoms with van der Waals surface area (Å²) in [6.07, 6.45) is 3.57. The van der Waals surface area contributed by atoms with Gasteiger partial charge in [-0.1, -0.05) is 48.6 Å². The van der Waals surface area contributed by atoms with Crippen molar-refractivity contribution in [3.8, 4) is 5.75 Å². The van der Waals surface area contributed by atoms with Crippen molar-refractivity contribution in [2.75, 3.05) is 0 Å². The van der Waals surface area contributed by atoms with Gasteiger partial charge in [0.15, 0.2) is 5.75 Å². The van der Waals surface area contributed by atoms with Gasteiger partial charge in [-0.3, -0.25) is 9.55 Å². The molecule has 0 aliphatic carbocycles. The van der Waals surface area contributed by atoms with Crippen LogP contribution < -0.4 is 9.29 Å². The lowest BCUT2D eigenvalue weighted by Crippen LogP contribution is -2.11. The molecular formula is C16H14NO5S-. The minimum absolute atomic E-state index is 0.0204. The Kier molecular flexibility index (Phi) is 5.15. The van der Waals surface area contributed by atoms with Crippen molar-refractivity contribution in [3.05, 3.63) is 59.7 Å². The SMILES string of the molecule is CC([O-])=Nc1ccc(/C=C/c2ccccc2)cc1OS(=O)(=O)O. The highest BCUT2D eigenvalue weighted by Crippen LogP contribution is 2.30. The van der Waals surface area contributed by atoms with Crippen LogP contribution >= 0.6 is 0 Å². The molecule has 0 fully saturated rings. The molecule has 1 N–H and O–H groups in total. The maximum absolute atomic E-state index is 11.1.